The maximum absolute atomic E-state index is 5.87. The summed E-state index contributed by atoms with van der Waals surface area (Å²) in [6.07, 6.45) is 6.59. The van der Waals surface area contributed by atoms with Crippen LogP contribution in [0.4, 0.5) is 0 Å². The zero-order chi connectivity index (χ0) is 12.1. The van der Waals surface area contributed by atoms with E-state index in [1.807, 2.05) is 12.1 Å². The van der Waals surface area contributed by atoms with Crippen LogP contribution in [0.2, 0.25) is 5.02 Å². The van der Waals surface area contributed by atoms with Gasteiger partial charge in [0.15, 0.2) is 0 Å². The molecule has 1 fully saturated rings. The Balaban J connectivity index is 1.74. The van der Waals surface area contributed by atoms with E-state index in [1.165, 1.54) is 31.2 Å². The second-order valence-electron chi connectivity index (χ2n) is 5.04. The van der Waals surface area contributed by atoms with Crippen molar-refractivity contribution >= 4 is 11.6 Å². The molecule has 2 atom stereocenters. The summed E-state index contributed by atoms with van der Waals surface area (Å²) < 4.78 is 0. The number of rotatable bonds is 5. The zero-order valence-electron chi connectivity index (χ0n) is 10.6. The molecule has 0 aromatic heterocycles. The summed E-state index contributed by atoms with van der Waals surface area (Å²) in [6, 6.07) is 8.95. The zero-order valence-corrected chi connectivity index (χ0v) is 11.3. The Bertz CT molecular complexity index is 333. The molecule has 94 valence electrons. The number of halogens is 1. The van der Waals surface area contributed by atoms with Crippen molar-refractivity contribution in [3.05, 3.63) is 34.9 Å². The number of benzene rings is 1. The minimum atomic E-state index is 0.757. The Morgan fingerprint density at radius 2 is 2.00 bits per heavy atom. The lowest BCUT2D eigenvalue weighted by atomic mass is 10.0. The summed E-state index contributed by atoms with van der Waals surface area (Å²) in [7, 11) is 0. The molecule has 0 aliphatic heterocycles. The molecular weight excluding hydrogens is 230 g/mol. The maximum atomic E-state index is 5.87. The number of hydrogen-bond donors (Lipinski definition) is 1. The van der Waals surface area contributed by atoms with Gasteiger partial charge in [-0.15, -0.1) is 0 Å². The molecule has 1 aliphatic carbocycles. The molecule has 2 heteroatoms. The van der Waals surface area contributed by atoms with Gasteiger partial charge in [0.2, 0.25) is 0 Å². The van der Waals surface area contributed by atoms with Crippen molar-refractivity contribution < 1.29 is 0 Å². The van der Waals surface area contributed by atoms with Crippen LogP contribution < -0.4 is 5.32 Å². The van der Waals surface area contributed by atoms with Crippen molar-refractivity contribution in [3.63, 3.8) is 0 Å². The van der Waals surface area contributed by atoms with Gasteiger partial charge in [-0.05, 0) is 49.4 Å². The van der Waals surface area contributed by atoms with E-state index in [9.17, 15) is 0 Å². The van der Waals surface area contributed by atoms with Crippen molar-refractivity contribution in [2.75, 3.05) is 6.54 Å². The van der Waals surface area contributed by atoms with Gasteiger partial charge in [0.25, 0.3) is 0 Å². The third-order valence-corrected chi connectivity index (χ3v) is 4.17. The normalized spacial score (nSPS) is 24.1. The first-order valence-corrected chi connectivity index (χ1v) is 7.15. The Morgan fingerprint density at radius 1 is 1.24 bits per heavy atom. The maximum Gasteiger partial charge on any atom is 0.0406 e. The van der Waals surface area contributed by atoms with Crippen LogP contribution in [0.3, 0.4) is 0 Å². The van der Waals surface area contributed by atoms with Gasteiger partial charge in [-0.3, -0.25) is 0 Å². The molecule has 0 amide bonds. The molecule has 0 saturated heterocycles. The highest BCUT2D eigenvalue weighted by molar-refractivity contribution is 6.30. The van der Waals surface area contributed by atoms with Crippen molar-refractivity contribution in [1.29, 1.82) is 0 Å². The van der Waals surface area contributed by atoms with Gasteiger partial charge in [-0.1, -0.05) is 43.5 Å². The van der Waals surface area contributed by atoms with Crippen LogP contribution in [0.5, 0.6) is 0 Å². The van der Waals surface area contributed by atoms with Crippen LogP contribution in [-0.4, -0.2) is 12.6 Å². The molecule has 17 heavy (non-hydrogen) atoms. The van der Waals surface area contributed by atoms with Crippen LogP contribution >= 0.6 is 11.6 Å². The standard InChI is InChI=1S/C15H22ClN/c1-2-13-4-3-5-15(13)17-11-10-12-6-8-14(16)9-7-12/h6-9,13,15,17H,2-5,10-11H2,1H3. The lowest BCUT2D eigenvalue weighted by Gasteiger charge is -2.19. The van der Waals surface area contributed by atoms with Gasteiger partial charge < -0.3 is 5.32 Å². The van der Waals surface area contributed by atoms with Gasteiger partial charge in [0.05, 0.1) is 0 Å². The van der Waals surface area contributed by atoms with Gasteiger partial charge in [-0.25, -0.2) is 0 Å². The van der Waals surface area contributed by atoms with E-state index in [2.05, 4.69) is 24.4 Å². The number of hydrogen-bond acceptors (Lipinski definition) is 1. The van der Waals surface area contributed by atoms with Crippen molar-refractivity contribution in [3.8, 4) is 0 Å². The molecule has 2 unspecified atom stereocenters. The van der Waals surface area contributed by atoms with E-state index in [4.69, 9.17) is 11.6 Å². The third kappa shape index (κ3) is 3.72. The fourth-order valence-corrected chi connectivity index (χ4v) is 2.97. The quantitative estimate of drug-likeness (QED) is 0.833. The predicted octanol–water partition coefficient (Wildman–Crippen LogP) is 4.05. The van der Waals surface area contributed by atoms with Crippen LogP contribution in [0.25, 0.3) is 0 Å². The van der Waals surface area contributed by atoms with E-state index in [0.29, 0.717) is 0 Å². The summed E-state index contributed by atoms with van der Waals surface area (Å²) in [5, 5.41) is 4.54. The summed E-state index contributed by atoms with van der Waals surface area (Å²) >= 11 is 5.87. The minimum Gasteiger partial charge on any atom is -0.313 e. The third-order valence-electron chi connectivity index (χ3n) is 3.92. The number of nitrogens with one attached hydrogen (secondary N) is 1. The minimum absolute atomic E-state index is 0.757. The summed E-state index contributed by atoms with van der Waals surface area (Å²) in [5.41, 5.74) is 1.37. The van der Waals surface area contributed by atoms with E-state index < -0.39 is 0 Å². The largest absolute Gasteiger partial charge is 0.313 e. The topological polar surface area (TPSA) is 12.0 Å². The average Bonchev–Trinajstić information content (AvgIpc) is 2.79. The second-order valence-corrected chi connectivity index (χ2v) is 5.47. The molecule has 0 spiro atoms. The smallest absolute Gasteiger partial charge is 0.0406 e. The SMILES string of the molecule is CCC1CCCC1NCCc1ccc(Cl)cc1. The van der Waals surface area contributed by atoms with E-state index in [1.54, 1.807) is 0 Å². The highest BCUT2D eigenvalue weighted by atomic mass is 35.5. The molecule has 1 N–H and O–H groups in total. The lowest BCUT2D eigenvalue weighted by Crippen LogP contribution is -2.33. The van der Waals surface area contributed by atoms with Gasteiger partial charge in [0.1, 0.15) is 0 Å². The van der Waals surface area contributed by atoms with Crippen molar-refractivity contribution in [2.45, 2.75) is 45.1 Å². The molecule has 1 saturated carbocycles. The Morgan fingerprint density at radius 3 is 2.71 bits per heavy atom. The van der Waals surface area contributed by atoms with E-state index in [0.717, 1.165) is 29.9 Å². The van der Waals surface area contributed by atoms with Crippen molar-refractivity contribution in [2.24, 2.45) is 5.92 Å². The first-order valence-electron chi connectivity index (χ1n) is 6.77. The highest BCUT2D eigenvalue weighted by Crippen LogP contribution is 2.27. The molecule has 2 rings (SSSR count). The molecule has 1 aromatic carbocycles. The Labute approximate surface area is 110 Å². The molecule has 0 radical (unpaired) electrons. The van der Waals surface area contributed by atoms with E-state index >= 15 is 0 Å². The summed E-state index contributed by atoms with van der Waals surface area (Å²) in [5.74, 6) is 0.903. The molecule has 0 bridgehead atoms. The van der Waals surface area contributed by atoms with Gasteiger partial charge in [-0.2, -0.15) is 0 Å². The molecule has 1 aliphatic rings. The summed E-state index contributed by atoms with van der Waals surface area (Å²) in [4.78, 5) is 0. The fourth-order valence-electron chi connectivity index (χ4n) is 2.85. The highest BCUT2D eigenvalue weighted by Gasteiger charge is 2.24. The molecule has 0 heterocycles. The lowest BCUT2D eigenvalue weighted by molar-refractivity contribution is 0.393. The monoisotopic (exact) mass is 251 g/mol. The fraction of sp³-hybridized carbons (Fsp3) is 0.600. The molecule has 1 nitrogen and oxygen atoms in total. The van der Waals surface area contributed by atoms with Crippen LogP contribution in [0.1, 0.15) is 38.2 Å². The molecule has 1 aromatic rings. The summed E-state index contributed by atoms with van der Waals surface area (Å²) in [6.45, 7) is 3.40. The van der Waals surface area contributed by atoms with Crippen molar-refractivity contribution in [1.82, 2.24) is 5.32 Å². The Kier molecular flexibility index (Phi) is 4.87. The van der Waals surface area contributed by atoms with Gasteiger partial charge >= 0.3 is 0 Å². The first kappa shape index (κ1) is 12.9. The Hall–Kier alpha value is -0.530. The van der Waals surface area contributed by atoms with Gasteiger partial charge in [0, 0.05) is 11.1 Å². The predicted molar refractivity (Wildman–Crippen MR) is 74.6 cm³/mol. The first-order chi connectivity index (χ1) is 8.29. The van der Waals surface area contributed by atoms with E-state index in [-0.39, 0.29) is 0 Å². The molecular formula is C15H22ClN. The van der Waals surface area contributed by atoms with Crippen LogP contribution in [0.15, 0.2) is 24.3 Å². The average molecular weight is 252 g/mol. The van der Waals surface area contributed by atoms with Crippen LogP contribution in [-0.2, 0) is 6.42 Å². The van der Waals surface area contributed by atoms with Crippen LogP contribution in [0, 0.1) is 5.92 Å². The second kappa shape index (κ2) is 6.42.